The molecule has 0 heterocycles. The molecule has 88 heavy (non-hydrogen) atoms. The van der Waals surface area contributed by atoms with Gasteiger partial charge in [-0.15, -0.1) is 0 Å². The van der Waals surface area contributed by atoms with Crippen LogP contribution < -0.4 is 0 Å². The summed E-state index contributed by atoms with van der Waals surface area (Å²) in [6.45, 7) is 11.8. The maximum atomic E-state index is 13.0. The van der Waals surface area contributed by atoms with E-state index in [9.17, 15) is 43.2 Å². The van der Waals surface area contributed by atoms with Gasteiger partial charge in [-0.3, -0.25) is 37.3 Å². The molecule has 0 aromatic heterocycles. The number of aliphatic hydroxyl groups excluding tert-OH is 1. The monoisotopic (exact) mass is 1300 g/mol. The van der Waals surface area contributed by atoms with E-state index in [1.165, 1.54) is 141 Å². The average Bonchev–Trinajstić information content (AvgIpc) is 3.53. The SMILES string of the molecule is CCCCCCCCCC(=O)OC[C@H](COP(=O)(O)OC[C@H](O)COP(=O)(O)OC[C@@H](COC(=O)CCCCCCCCCCCCCCC(C)C)OC(=O)CCCCCCCCCCCCCCC(C)C)OC(=O)CCCCCCCCCCC(C)C. The van der Waals surface area contributed by atoms with E-state index in [1.54, 1.807) is 0 Å². The number of carbonyl (C=O) groups is 4. The van der Waals surface area contributed by atoms with Crippen molar-refractivity contribution >= 4 is 39.5 Å². The Morgan fingerprint density at radius 3 is 0.773 bits per heavy atom. The lowest BCUT2D eigenvalue weighted by Crippen LogP contribution is -2.30. The van der Waals surface area contributed by atoms with Gasteiger partial charge in [-0.1, -0.05) is 292 Å². The quantitative estimate of drug-likeness (QED) is 0.0222. The van der Waals surface area contributed by atoms with Crippen molar-refractivity contribution in [3.05, 3.63) is 0 Å². The number of rotatable bonds is 67. The van der Waals surface area contributed by atoms with Gasteiger partial charge in [-0.2, -0.15) is 0 Å². The van der Waals surface area contributed by atoms with Gasteiger partial charge < -0.3 is 33.8 Å². The summed E-state index contributed by atoms with van der Waals surface area (Å²) in [6, 6.07) is 0. The lowest BCUT2D eigenvalue weighted by molar-refractivity contribution is -0.161. The summed E-state index contributed by atoms with van der Waals surface area (Å²) in [5, 5.41) is 10.6. The van der Waals surface area contributed by atoms with Gasteiger partial charge in [0.15, 0.2) is 12.2 Å². The summed E-state index contributed by atoms with van der Waals surface area (Å²) in [5.74, 6) is 0.144. The van der Waals surface area contributed by atoms with E-state index in [4.69, 9.17) is 37.0 Å². The first-order chi connectivity index (χ1) is 42.2. The van der Waals surface area contributed by atoms with Crippen molar-refractivity contribution < 1.29 is 80.2 Å². The standard InChI is InChI=1S/C69H134O17P2/c1-8-9-10-11-26-36-43-50-66(71)79-56-64(86-69(74)53-46-39-32-25-24-29-35-42-49-62(6)7)58-83-87(75,76)81-54-63(70)55-82-88(77,78)84-59-65(85-68(73)52-45-38-31-23-19-15-13-17-21-28-34-41-48-61(4)5)57-80-67(72)51-44-37-30-22-18-14-12-16-20-27-33-40-47-60(2)3/h60-65,70H,8-59H2,1-7H3,(H,75,76)(H,77,78)/t63-,64+,65+/m0/s1. The van der Waals surface area contributed by atoms with Gasteiger partial charge in [0.2, 0.25) is 0 Å². The molecule has 0 rings (SSSR count). The van der Waals surface area contributed by atoms with Crippen LogP contribution >= 0.6 is 15.6 Å². The number of carbonyl (C=O) groups excluding carboxylic acids is 4. The molecule has 0 aliphatic heterocycles. The Morgan fingerprint density at radius 2 is 0.523 bits per heavy atom. The maximum absolute atomic E-state index is 13.0. The fourth-order valence-electron chi connectivity index (χ4n) is 10.4. The summed E-state index contributed by atoms with van der Waals surface area (Å²) < 4.78 is 68.1. The molecule has 0 spiro atoms. The zero-order valence-electron chi connectivity index (χ0n) is 57.2. The molecule has 0 aromatic carbocycles. The molecular weight excluding hydrogens is 1160 g/mol. The van der Waals surface area contributed by atoms with E-state index in [1.807, 2.05) is 0 Å². The van der Waals surface area contributed by atoms with Crippen molar-refractivity contribution in [1.82, 2.24) is 0 Å². The normalized spacial score (nSPS) is 14.2. The highest BCUT2D eigenvalue weighted by Crippen LogP contribution is 2.45. The molecule has 522 valence electrons. The van der Waals surface area contributed by atoms with Crippen molar-refractivity contribution in [1.29, 1.82) is 0 Å². The third kappa shape index (κ3) is 62.8. The number of esters is 4. The van der Waals surface area contributed by atoms with Gasteiger partial charge in [0.05, 0.1) is 26.4 Å². The number of aliphatic hydroxyl groups is 1. The number of phosphoric ester groups is 2. The van der Waals surface area contributed by atoms with Crippen molar-refractivity contribution in [2.75, 3.05) is 39.6 Å². The van der Waals surface area contributed by atoms with Crippen molar-refractivity contribution in [3.63, 3.8) is 0 Å². The van der Waals surface area contributed by atoms with Gasteiger partial charge in [0.25, 0.3) is 0 Å². The summed E-state index contributed by atoms with van der Waals surface area (Å²) in [7, 11) is -9.89. The van der Waals surface area contributed by atoms with Gasteiger partial charge >= 0.3 is 39.5 Å². The Balaban J connectivity index is 5.21. The van der Waals surface area contributed by atoms with Crippen LogP contribution in [0.2, 0.25) is 0 Å². The third-order valence-corrected chi connectivity index (χ3v) is 17.8. The zero-order chi connectivity index (χ0) is 65.2. The number of unbranched alkanes of at least 4 members (excludes halogenated alkanes) is 35. The predicted molar refractivity (Wildman–Crippen MR) is 354 cm³/mol. The minimum absolute atomic E-state index is 0.104. The second-order valence-corrected chi connectivity index (χ2v) is 29.3. The topological polar surface area (TPSA) is 237 Å². The Kier molecular flexibility index (Phi) is 58.7. The predicted octanol–water partition coefficient (Wildman–Crippen LogP) is 19.5. The highest BCUT2D eigenvalue weighted by molar-refractivity contribution is 7.47. The molecule has 0 saturated carbocycles. The first kappa shape index (κ1) is 86.1. The van der Waals surface area contributed by atoms with Crippen LogP contribution in [0.25, 0.3) is 0 Å². The van der Waals surface area contributed by atoms with Crippen LogP contribution in [0, 0.1) is 17.8 Å². The highest BCUT2D eigenvalue weighted by atomic mass is 31.2. The minimum atomic E-state index is -4.95. The second-order valence-electron chi connectivity index (χ2n) is 26.3. The van der Waals surface area contributed by atoms with Crippen LogP contribution in [-0.4, -0.2) is 96.7 Å². The smallest absolute Gasteiger partial charge is 0.462 e. The van der Waals surface area contributed by atoms with Gasteiger partial charge in [-0.05, 0) is 43.4 Å². The Hall–Kier alpha value is -1.94. The lowest BCUT2D eigenvalue weighted by Gasteiger charge is -2.21. The molecule has 5 atom stereocenters. The lowest BCUT2D eigenvalue weighted by atomic mass is 10.0. The molecule has 17 nitrogen and oxygen atoms in total. The van der Waals surface area contributed by atoms with E-state index in [0.717, 1.165) is 120 Å². The highest BCUT2D eigenvalue weighted by Gasteiger charge is 2.30. The fourth-order valence-corrected chi connectivity index (χ4v) is 11.9. The van der Waals surface area contributed by atoms with Crippen LogP contribution in [0.3, 0.4) is 0 Å². The van der Waals surface area contributed by atoms with E-state index < -0.39 is 97.5 Å². The maximum Gasteiger partial charge on any atom is 0.472 e. The van der Waals surface area contributed by atoms with E-state index in [0.29, 0.717) is 25.7 Å². The Morgan fingerprint density at radius 1 is 0.307 bits per heavy atom. The molecule has 19 heteroatoms. The summed E-state index contributed by atoms with van der Waals surface area (Å²) in [6.07, 6.45) is 43.2. The zero-order valence-corrected chi connectivity index (χ0v) is 59.0. The first-order valence-electron chi connectivity index (χ1n) is 35.8. The molecule has 0 aromatic rings. The van der Waals surface area contributed by atoms with E-state index >= 15 is 0 Å². The van der Waals surface area contributed by atoms with E-state index in [2.05, 4.69) is 48.5 Å². The molecule has 3 N–H and O–H groups in total. The first-order valence-corrected chi connectivity index (χ1v) is 38.8. The Bertz CT molecular complexity index is 1730. The molecule has 0 amide bonds. The minimum Gasteiger partial charge on any atom is -0.462 e. The summed E-state index contributed by atoms with van der Waals surface area (Å²) in [4.78, 5) is 72.4. The summed E-state index contributed by atoms with van der Waals surface area (Å²) >= 11 is 0. The van der Waals surface area contributed by atoms with E-state index in [-0.39, 0.29) is 25.7 Å². The molecular formula is C69H134O17P2. The second kappa shape index (κ2) is 60.0. The van der Waals surface area contributed by atoms with Crippen LogP contribution in [-0.2, 0) is 65.4 Å². The molecule has 0 aliphatic rings. The third-order valence-electron chi connectivity index (χ3n) is 15.9. The van der Waals surface area contributed by atoms with Crippen molar-refractivity contribution in [3.8, 4) is 0 Å². The number of hydrogen-bond donors (Lipinski definition) is 3. The van der Waals surface area contributed by atoms with Crippen molar-refractivity contribution in [2.45, 2.75) is 362 Å². The molecule has 0 bridgehead atoms. The van der Waals surface area contributed by atoms with Crippen molar-refractivity contribution in [2.24, 2.45) is 17.8 Å². The number of phosphoric acid groups is 2. The van der Waals surface area contributed by atoms with Gasteiger partial charge in [0, 0.05) is 25.7 Å². The largest absolute Gasteiger partial charge is 0.472 e. The molecule has 0 saturated heterocycles. The Labute approximate surface area is 537 Å². The van der Waals surface area contributed by atoms with Crippen LogP contribution in [0.1, 0.15) is 344 Å². The molecule has 2 unspecified atom stereocenters. The molecule has 0 radical (unpaired) electrons. The van der Waals surface area contributed by atoms with Crippen LogP contribution in [0.15, 0.2) is 0 Å². The number of hydrogen-bond acceptors (Lipinski definition) is 15. The summed E-state index contributed by atoms with van der Waals surface area (Å²) in [5.41, 5.74) is 0. The average molecular weight is 1300 g/mol. The van der Waals surface area contributed by atoms with Crippen LogP contribution in [0.5, 0.6) is 0 Å². The van der Waals surface area contributed by atoms with Gasteiger partial charge in [0.1, 0.15) is 19.3 Å². The molecule has 0 aliphatic carbocycles. The van der Waals surface area contributed by atoms with Gasteiger partial charge in [-0.25, -0.2) is 9.13 Å². The fraction of sp³-hybridized carbons (Fsp3) is 0.942. The number of ether oxygens (including phenoxy) is 4. The molecule has 0 fully saturated rings. The van der Waals surface area contributed by atoms with Crippen LogP contribution in [0.4, 0.5) is 0 Å².